The van der Waals surface area contributed by atoms with Crippen molar-refractivity contribution in [1.82, 2.24) is 25.1 Å². The average molecular weight is 427 g/mol. The first-order valence-electron chi connectivity index (χ1n) is 9.72. The lowest BCUT2D eigenvalue weighted by molar-refractivity contribution is 0.176. The number of halogens is 1. The Labute approximate surface area is 167 Å². The number of anilines is 1. The predicted molar refractivity (Wildman–Crippen MR) is 110 cm³/mol. The molecule has 1 fully saturated rings. The van der Waals surface area contributed by atoms with Gasteiger partial charge in [-0.05, 0) is 46.3 Å². The first-order valence-corrected chi connectivity index (χ1v) is 10.5. The van der Waals surface area contributed by atoms with Crippen molar-refractivity contribution in [3.63, 3.8) is 0 Å². The summed E-state index contributed by atoms with van der Waals surface area (Å²) in [6.07, 6.45) is 6.72. The molecule has 27 heavy (non-hydrogen) atoms. The highest BCUT2D eigenvalue weighted by Crippen LogP contribution is 2.35. The quantitative estimate of drug-likeness (QED) is 0.632. The second-order valence-electron chi connectivity index (χ2n) is 7.42. The second-order valence-corrected chi connectivity index (χ2v) is 8.21. The van der Waals surface area contributed by atoms with Crippen LogP contribution in [-0.4, -0.2) is 51.2 Å². The van der Waals surface area contributed by atoms with Gasteiger partial charge in [0, 0.05) is 32.2 Å². The molecule has 1 unspecified atom stereocenters. The van der Waals surface area contributed by atoms with Gasteiger partial charge in [-0.25, -0.2) is 9.97 Å². The molecule has 1 atom stereocenters. The van der Waals surface area contributed by atoms with Crippen LogP contribution in [0.1, 0.15) is 36.4 Å². The Morgan fingerprint density at radius 2 is 1.89 bits per heavy atom. The van der Waals surface area contributed by atoms with E-state index in [0.717, 1.165) is 42.0 Å². The maximum atomic E-state index is 4.56. The Hall–Kier alpha value is -1.99. The van der Waals surface area contributed by atoms with Gasteiger partial charge in [-0.1, -0.05) is 30.7 Å². The van der Waals surface area contributed by atoms with E-state index in [0.29, 0.717) is 11.7 Å². The number of fused-ring (bicyclic) bond motifs is 2. The van der Waals surface area contributed by atoms with E-state index in [1.54, 1.807) is 17.5 Å². The van der Waals surface area contributed by atoms with Gasteiger partial charge in [-0.3, -0.25) is 10.00 Å². The molecule has 3 heterocycles. The topological polar surface area (TPSA) is 60.9 Å². The Kier molecular flexibility index (Phi) is 4.57. The van der Waals surface area contributed by atoms with Crippen LogP contribution in [0.2, 0.25) is 0 Å². The van der Waals surface area contributed by atoms with Crippen molar-refractivity contribution in [3.05, 3.63) is 46.3 Å². The number of piperazine rings is 1. The summed E-state index contributed by atoms with van der Waals surface area (Å²) in [4.78, 5) is 13.9. The third-order valence-corrected chi connectivity index (χ3v) is 6.50. The minimum absolute atomic E-state index is 0.553. The molecule has 140 valence electrons. The van der Waals surface area contributed by atoms with Gasteiger partial charge in [-0.2, -0.15) is 5.10 Å². The molecule has 2 aliphatic rings. The van der Waals surface area contributed by atoms with Crippen LogP contribution in [0.25, 0.3) is 11.0 Å². The van der Waals surface area contributed by atoms with Crippen molar-refractivity contribution in [2.24, 2.45) is 0 Å². The molecule has 0 amide bonds. The van der Waals surface area contributed by atoms with Crippen LogP contribution >= 0.6 is 15.9 Å². The summed E-state index contributed by atoms with van der Waals surface area (Å²) >= 11 is 3.55. The lowest BCUT2D eigenvalue weighted by atomic mass is 9.97. The lowest BCUT2D eigenvalue weighted by Crippen LogP contribution is -2.48. The molecule has 2 aromatic heterocycles. The number of hydrogen-bond donors (Lipinski definition) is 1. The van der Waals surface area contributed by atoms with Crippen LogP contribution in [0.3, 0.4) is 0 Å². The van der Waals surface area contributed by atoms with E-state index in [-0.39, 0.29) is 0 Å². The summed E-state index contributed by atoms with van der Waals surface area (Å²) in [5, 5.41) is 8.18. The normalized spacial score (nSPS) is 21.2. The molecule has 6 nitrogen and oxygen atoms in total. The van der Waals surface area contributed by atoms with Crippen LogP contribution in [0.15, 0.2) is 35.2 Å². The van der Waals surface area contributed by atoms with E-state index >= 15 is 0 Å². The molecular formula is C20H23BrN6. The predicted octanol–water partition coefficient (Wildman–Crippen LogP) is 3.71. The molecule has 0 saturated carbocycles. The van der Waals surface area contributed by atoms with Crippen LogP contribution < -0.4 is 4.90 Å². The highest BCUT2D eigenvalue weighted by atomic mass is 79.9. The van der Waals surface area contributed by atoms with Crippen molar-refractivity contribution in [3.8, 4) is 0 Å². The summed E-state index contributed by atoms with van der Waals surface area (Å²) < 4.78 is 0.855. The van der Waals surface area contributed by atoms with E-state index in [9.17, 15) is 0 Å². The van der Waals surface area contributed by atoms with Crippen LogP contribution in [0.4, 0.5) is 5.82 Å². The van der Waals surface area contributed by atoms with Crippen molar-refractivity contribution < 1.29 is 0 Å². The Morgan fingerprint density at radius 3 is 2.78 bits per heavy atom. The monoisotopic (exact) mass is 426 g/mol. The zero-order valence-corrected chi connectivity index (χ0v) is 16.8. The highest BCUT2D eigenvalue weighted by Gasteiger charge is 2.29. The summed E-state index contributed by atoms with van der Waals surface area (Å²) in [5.74, 6) is 0.974. The summed E-state index contributed by atoms with van der Waals surface area (Å²) in [5.41, 5.74) is 3.81. The summed E-state index contributed by atoms with van der Waals surface area (Å²) in [7, 11) is 0. The molecule has 1 saturated heterocycles. The molecule has 7 heteroatoms. The van der Waals surface area contributed by atoms with Crippen molar-refractivity contribution in [2.75, 3.05) is 31.1 Å². The third-order valence-electron chi connectivity index (χ3n) is 5.93. The van der Waals surface area contributed by atoms with Gasteiger partial charge in [0.1, 0.15) is 16.7 Å². The molecule has 5 rings (SSSR count). The number of aryl methyl sites for hydroxylation is 1. The molecule has 0 spiro atoms. The lowest BCUT2D eigenvalue weighted by Gasteiger charge is -2.40. The van der Waals surface area contributed by atoms with Crippen molar-refractivity contribution >= 4 is 32.8 Å². The molecule has 0 radical (unpaired) electrons. The Bertz CT molecular complexity index is 947. The molecule has 1 aliphatic carbocycles. The maximum absolute atomic E-state index is 4.56. The standard InChI is InChI=1S/C20H23BrN6/c21-18-17-19(25-24-18)22-13-23-20(17)27-11-9-26(10-12-27)16-8-4-2-6-14-5-1-3-7-15(14)16/h1,3,5,7,13,16H,2,4,6,8-12H2,(H,22,23,24,25). The van der Waals surface area contributed by atoms with Gasteiger partial charge in [0.2, 0.25) is 0 Å². The maximum Gasteiger partial charge on any atom is 0.187 e. The zero-order chi connectivity index (χ0) is 18.2. The smallest absolute Gasteiger partial charge is 0.187 e. The first-order chi connectivity index (χ1) is 13.3. The van der Waals surface area contributed by atoms with E-state index in [1.807, 2.05) is 0 Å². The van der Waals surface area contributed by atoms with Gasteiger partial charge in [-0.15, -0.1) is 0 Å². The van der Waals surface area contributed by atoms with Gasteiger partial charge >= 0.3 is 0 Å². The molecule has 1 N–H and O–H groups in total. The Balaban J connectivity index is 1.37. The number of nitrogens with zero attached hydrogens (tertiary/aromatic N) is 5. The van der Waals surface area contributed by atoms with Crippen LogP contribution in [-0.2, 0) is 6.42 Å². The SMILES string of the molecule is Brc1[nH]nc2ncnc(N3CCN(C4CCCCc5ccccc54)CC3)c12. The van der Waals surface area contributed by atoms with Crippen LogP contribution in [0.5, 0.6) is 0 Å². The number of benzene rings is 1. The third kappa shape index (κ3) is 3.12. The molecule has 0 bridgehead atoms. The summed E-state index contributed by atoms with van der Waals surface area (Å²) in [6.45, 7) is 4.06. The fourth-order valence-electron chi connectivity index (χ4n) is 4.57. The Morgan fingerprint density at radius 1 is 1.04 bits per heavy atom. The number of rotatable bonds is 2. The van der Waals surface area contributed by atoms with Gasteiger partial charge in [0.25, 0.3) is 0 Å². The fourth-order valence-corrected chi connectivity index (χ4v) is 5.01. The van der Waals surface area contributed by atoms with Gasteiger partial charge in [0.05, 0.1) is 5.39 Å². The first kappa shape index (κ1) is 17.1. The molecule has 1 aliphatic heterocycles. The number of aromatic amines is 1. The minimum Gasteiger partial charge on any atom is -0.353 e. The fraction of sp³-hybridized carbons (Fsp3) is 0.450. The summed E-state index contributed by atoms with van der Waals surface area (Å²) in [6, 6.07) is 9.59. The largest absolute Gasteiger partial charge is 0.353 e. The number of H-pyrrole nitrogens is 1. The zero-order valence-electron chi connectivity index (χ0n) is 15.2. The van der Waals surface area contributed by atoms with Crippen molar-refractivity contribution in [2.45, 2.75) is 31.7 Å². The van der Waals surface area contributed by atoms with Gasteiger partial charge in [0.15, 0.2) is 5.65 Å². The number of aromatic nitrogens is 4. The molecule has 1 aromatic carbocycles. The highest BCUT2D eigenvalue weighted by molar-refractivity contribution is 9.10. The van der Waals surface area contributed by atoms with E-state index in [2.05, 4.69) is 70.2 Å². The van der Waals surface area contributed by atoms with Gasteiger partial charge < -0.3 is 4.90 Å². The minimum atomic E-state index is 0.553. The second kappa shape index (κ2) is 7.20. The van der Waals surface area contributed by atoms with E-state index in [4.69, 9.17) is 0 Å². The van der Waals surface area contributed by atoms with Crippen LogP contribution in [0, 0.1) is 0 Å². The average Bonchev–Trinajstić information content (AvgIpc) is 2.97. The van der Waals surface area contributed by atoms with E-state index < -0.39 is 0 Å². The molecule has 3 aromatic rings. The van der Waals surface area contributed by atoms with Crippen molar-refractivity contribution in [1.29, 1.82) is 0 Å². The number of nitrogens with one attached hydrogen (secondary N) is 1. The van der Waals surface area contributed by atoms with E-state index in [1.165, 1.54) is 25.7 Å². The molecular weight excluding hydrogens is 404 g/mol. The number of hydrogen-bond acceptors (Lipinski definition) is 5.